The molecule has 0 atom stereocenters. The molecule has 0 aromatic heterocycles. The van der Waals surface area contributed by atoms with Crippen LogP contribution in [0.4, 0.5) is 5.69 Å². The summed E-state index contributed by atoms with van der Waals surface area (Å²) in [4.78, 5) is 28.4. The summed E-state index contributed by atoms with van der Waals surface area (Å²) < 4.78 is 0. The molecule has 2 N–H and O–H groups in total. The third-order valence-electron chi connectivity index (χ3n) is 4.74. The molecule has 1 aliphatic rings. The number of nitrogens with zero attached hydrogens (tertiary/aromatic N) is 2. The minimum atomic E-state index is 0.00591. The number of benzene rings is 2. The molecule has 3 rings (SSSR count). The third kappa shape index (κ3) is 3.94. The fourth-order valence-electron chi connectivity index (χ4n) is 3.38. The molecule has 5 heteroatoms. The van der Waals surface area contributed by atoms with Gasteiger partial charge in [-0.25, -0.2) is 0 Å². The van der Waals surface area contributed by atoms with Gasteiger partial charge in [0, 0.05) is 37.8 Å². The van der Waals surface area contributed by atoms with Crippen molar-refractivity contribution in [3.63, 3.8) is 0 Å². The lowest BCUT2D eigenvalue weighted by Gasteiger charge is -2.23. The second kappa shape index (κ2) is 8.15. The number of fused-ring (bicyclic) bond motifs is 1. The average molecular weight is 351 g/mol. The van der Waals surface area contributed by atoms with Gasteiger partial charge in [-0.1, -0.05) is 30.3 Å². The molecular formula is C21H25N3O2. The highest BCUT2D eigenvalue weighted by molar-refractivity contribution is 5.97. The van der Waals surface area contributed by atoms with Crippen molar-refractivity contribution in [3.05, 3.63) is 65.2 Å². The van der Waals surface area contributed by atoms with E-state index in [-0.39, 0.29) is 11.8 Å². The quantitative estimate of drug-likeness (QED) is 0.870. The Labute approximate surface area is 154 Å². The standard InChI is InChI=1S/C21H25N3O2/c1-16(25)24-13-10-18-14-19(8-9-20(18)24)21(26)23(12-5-11-22)15-17-6-3-2-4-7-17/h2-4,6-9,14H,5,10-13,15,22H2,1H3. The molecule has 0 saturated carbocycles. The number of hydrogen-bond donors (Lipinski definition) is 1. The van der Waals surface area contributed by atoms with E-state index in [2.05, 4.69) is 0 Å². The summed E-state index contributed by atoms with van der Waals surface area (Å²) in [7, 11) is 0. The van der Waals surface area contributed by atoms with Crippen molar-refractivity contribution in [1.82, 2.24) is 4.90 Å². The lowest BCUT2D eigenvalue weighted by molar-refractivity contribution is -0.116. The van der Waals surface area contributed by atoms with Gasteiger partial charge in [-0.15, -0.1) is 0 Å². The van der Waals surface area contributed by atoms with Crippen LogP contribution < -0.4 is 10.6 Å². The van der Waals surface area contributed by atoms with E-state index in [9.17, 15) is 9.59 Å². The molecule has 0 bridgehead atoms. The Morgan fingerprint density at radius 2 is 1.92 bits per heavy atom. The van der Waals surface area contributed by atoms with Gasteiger partial charge >= 0.3 is 0 Å². The van der Waals surface area contributed by atoms with E-state index in [1.54, 1.807) is 11.8 Å². The molecule has 5 nitrogen and oxygen atoms in total. The minimum Gasteiger partial charge on any atom is -0.334 e. The summed E-state index contributed by atoms with van der Waals surface area (Å²) in [5, 5.41) is 0. The molecule has 1 heterocycles. The van der Waals surface area contributed by atoms with Crippen LogP contribution in [-0.2, 0) is 17.8 Å². The van der Waals surface area contributed by atoms with Crippen molar-refractivity contribution in [2.75, 3.05) is 24.5 Å². The largest absolute Gasteiger partial charge is 0.334 e. The van der Waals surface area contributed by atoms with Crippen LogP contribution in [0.5, 0.6) is 0 Å². The molecular weight excluding hydrogens is 326 g/mol. The fraction of sp³-hybridized carbons (Fsp3) is 0.333. The maximum atomic E-state index is 13.1. The second-order valence-electron chi connectivity index (χ2n) is 6.62. The van der Waals surface area contributed by atoms with Crippen LogP contribution in [0, 0.1) is 0 Å². The number of amides is 2. The Morgan fingerprint density at radius 3 is 2.62 bits per heavy atom. The van der Waals surface area contributed by atoms with E-state index in [0.29, 0.717) is 31.7 Å². The molecule has 0 fully saturated rings. The van der Waals surface area contributed by atoms with Crippen molar-refractivity contribution < 1.29 is 9.59 Å². The zero-order valence-corrected chi connectivity index (χ0v) is 15.1. The van der Waals surface area contributed by atoms with Gasteiger partial charge < -0.3 is 15.5 Å². The smallest absolute Gasteiger partial charge is 0.254 e. The first-order valence-corrected chi connectivity index (χ1v) is 9.04. The van der Waals surface area contributed by atoms with E-state index in [1.807, 2.05) is 53.4 Å². The Morgan fingerprint density at radius 1 is 1.15 bits per heavy atom. The van der Waals surface area contributed by atoms with Crippen molar-refractivity contribution in [2.24, 2.45) is 5.73 Å². The second-order valence-corrected chi connectivity index (χ2v) is 6.62. The first-order valence-electron chi connectivity index (χ1n) is 9.04. The highest BCUT2D eigenvalue weighted by Gasteiger charge is 2.24. The Kier molecular flexibility index (Phi) is 5.68. The van der Waals surface area contributed by atoms with Gasteiger partial charge in [0.25, 0.3) is 5.91 Å². The van der Waals surface area contributed by atoms with E-state index in [4.69, 9.17) is 5.73 Å². The molecule has 0 saturated heterocycles. The highest BCUT2D eigenvalue weighted by Crippen LogP contribution is 2.29. The predicted octanol–water partition coefficient (Wildman–Crippen LogP) is 2.59. The monoisotopic (exact) mass is 351 g/mol. The van der Waals surface area contributed by atoms with Gasteiger partial charge in [0.05, 0.1) is 0 Å². The van der Waals surface area contributed by atoms with E-state index >= 15 is 0 Å². The van der Waals surface area contributed by atoms with Crippen LogP contribution in [0.1, 0.15) is 34.8 Å². The molecule has 1 aliphatic heterocycles. The van der Waals surface area contributed by atoms with Crippen LogP contribution in [0.15, 0.2) is 48.5 Å². The molecule has 136 valence electrons. The normalized spacial score (nSPS) is 12.8. The van der Waals surface area contributed by atoms with Gasteiger partial charge in [-0.3, -0.25) is 9.59 Å². The summed E-state index contributed by atoms with van der Waals surface area (Å²) in [5.41, 5.74) is 9.40. The van der Waals surface area contributed by atoms with E-state index in [1.165, 1.54) is 0 Å². The third-order valence-corrected chi connectivity index (χ3v) is 4.74. The Balaban J connectivity index is 1.81. The number of carbonyl (C=O) groups excluding carboxylic acids is 2. The van der Waals surface area contributed by atoms with Crippen LogP contribution in [0.3, 0.4) is 0 Å². The summed E-state index contributed by atoms with van der Waals surface area (Å²) in [6, 6.07) is 15.6. The number of nitrogens with two attached hydrogens (primary N) is 1. The van der Waals surface area contributed by atoms with Crippen molar-refractivity contribution >= 4 is 17.5 Å². The van der Waals surface area contributed by atoms with Gasteiger partial charge in [-0.2, -0.15) is 0 Å². The van der Waals surface area contributed by atoms with Crippen LogP contribution >= 0.6 is 0 Å². The zero-order chi connectivity index (χ0) is 18.5. The zero-order valence-electron chi connectivity index (χ0n) is 15.1. The van der Waals surface area contributed by atoms with Gasteiger partial charge in [-0.05, 0) is 48.7 Å². The predicted molar refractivity (Wildman–Crippen MR) is 103 cm³/mol. The van der Waals surface area contributed by atoms with E-state index < -0.39 is 0 Å². The van der Waals surface area contributed by atoms with E-state index in [0.717, 1.165) is 29.7 Å². The fourth-order valence-corrected chi connectivity index (χ4v) is 3.38. The Bertz CT molecular complexity index is 789. The molecule has 26 heavy (non-hydrogen) atoms. The summed E-state index contributed by atoms with van der Waals surface area (Å²) >= 11 is 0. The van der Waals surface area contributed by atoms with Gasteiger partial charge in [0.15, 0.2) is 0 Å². The molecule has 0 radical (unpaired) electrons. The first kappa shape index (κ1) is 18.1. The molecule has 0 aliphatic carbocycles. The highest BCUT2D eigenvalue weighted by atomic mass is 16.2. The lowest BCUT2D eigenvalue weighted by atomic mass is 10.1. The topological polar surface area (TPSA) is 66.6 Å². The maximum absolute atomic E-state index is 13.1. The Hall–Kier alpha value is -2.66. The summed E-state index contributed by atoms with van der Waals surface area (Å²) in [5.74, 6) is 0.0443. The lowest BCUT2D eigenvalue weighted by Crippen LogP contribution is -2.32. The van der Waals surface area contributed by atoms with Gasteiger partial charge in [0.2, 0.25) is 5.91 Å². The van der Waals surface area contributed by atoms with Crippen LogP contribution in [0.2, 0.25) is 0 Å². The molecule has 2 aromatic carbocycles. The van der Waals surface area contributed by atoms with Gasteiger partial charge in [0.1, 0.15) is 0 Å². The van der Waals surface area contributed by atoms with Crippen molar-refractivity contribution in [2.45, 2.75) is 26.3 Å². The minimum absolute atomic E-state index is 0.00591. The van der Waals surface area contributed by atoms with Crippen LogP contribution in [0.25, 0.3) is 0 Å². The molecule has 0 spiro atoms. The molecule has 2 aromatic rings. The van der Waals surface area contributed by atoms with Crippen molar-refractivity contribution in [3.8, 4) is 0 Å². The number of rotatable bonds is 6. The molecule has 2 amide bonds. The average Bonchev–Trinajstić information content (AvgIpc) is 3.09. The maximum Gasteiger partial charge on any atom is 0.254 e. The number of anilines is 1. The van der Waals surface area contributed by atoms with Crippen molar-refractivity contribution in [1.29, 1.82) is 0 Å². The SMILES string of the molecule is CC(=O)N1CCc2cc(C(=O)N(CCCN)Cc3ccccc3)ccc21. The summed E-state index contributed by atoms with van der Waals surface area (Å²) in [6.07, 6.45) is 1.55. The first-order chi connectivity index (χ1) is 12.6. The summed E-state index contributed by atoms with van der Waals surface area (Å²) in [6.45, 7) is 4.00. The van der Waals surface area contributed by atoms with Crippen LogP contribution in [-0.4, -0.2) is 36.3 Å². The number of carbonyl (C=O) groups is 2. The molecule has 0 unspecified atom stereocenters. The number of hydrogen-bond acceptors (Lipinski definition) is 3.